The van der Waals surface area contributed by atoms with Crippen molar-refractivity contribution < 1.29 is 30.3 Å². The highest BCUT2D eigenvalue weighted by atomic mass is 16.4. The molecule has 0 radical (unpaired) electrons. The molecule has 0 spiro atoms. The van der Waals surface area contributed by atoms with E-state index in [1.165, 1.54) is 0 Å². The fourth-order valence-corrected chi connectivity index (χ4v) is 1.03. The summed E-state index contributed by atoms with van der Waals surface area (Å²) in [6, 6.07) is 1.71. The fourth-order valence-electron chi connectivity index (χ4n) is 1.03. The van der Waals surface area contributed by atoms with Crippen LogP contribution in [0.5, 0.6) is 0 Å². The molecular formula is C9H15NO6. The van der Waals surface area contributed by atoms with Gasteiger partial charge in [-0.3, -0.25) is 4.79 Å². The Labute approximate surface area is 92.2 Å². The summed E-state index contributed by atoms with van der Waals surface area (Å²) in [6.07, 6.45) is -7.32. The van der Waals surface area contributed by atoms with Gasteiger partial charge in [-0.15, -0.1) is 0 Å². The zero-order valence-electron chi connectivity index (χ0n) is 8.52. The molecule has 0 aromatic carbocycles. The Kier molecular flexibility index (Phi) is 6.80. The van der Waals surface area contributed by atoms with E-state index in [4.69, 9.17) is 15.5 Å². The van der Waals surface area contributed by atoms with Crippen LogP contribution in [0.3, 0.4) is 0 Å². The maximum absolute atomic E-state index is 11.2. The molecule has 0 saturated carbocycles. The quantitative estimate of drug-likeness (QED) is 0.322. The second-order valence-corrected chi connectivity index (χ2v) is 3.30. The summed E-state index contributed by atoms with van der Waals surface area (Å²) in [5.41, 5.74) is 0. The summed E-state index contributed by atoms with van der Waals surface area (Å²) < 4.78 is 0. The molecule has 7 heteroatoms. The van der Waals surface area contributed by atoms with E-state index >= 15 is 0 Å². The van der Waals surface area contributed by atoms with Crippen LogP contribution >= 0.6 is 0 Å². The Morgan fingerprint density at radius 3 is 2.25 bits per heavy atom. The molecule has 0 aliphatic heterocycles. The van der Waals surface area contributed by atoms with Gasteiger partial charge in [-0.1, -0.05) is 0 Å². The van der Waals surface area contributed by atoms with E-state index in [1.54, 1.807) is 6.07 Å². The molecule has 0 heterocycles. The molecule has 0 aliphatic rings. The number of aliphatic hydroxyl groups is 5. The maximum atomic E-state index is 11.2. The number of aliphatic hydroxyl groups excluding tert-OH is 5. The molecule has 1 unspecified atom stereocenters. The minimum absolute atomic E-state index is 0.0712. The molecule has 0 rings (SSSR count). The lowest BCUT2D eigenvalue weighted by Crippen LogP contribution is -2.47. The summed E-state index contributed by atoms with van der Waals surface area (Å²) >= 11 is 0. The molecule has 92 valence electrons. The smallest absolute Gasteiger partial charge is 0.192 e. The van der Waals surface area contributed by atoms with Crippen molar-refractivity contribution in [3.8, 4) is 6.07 Å². The van der Waals surface area contributed by atoms with Crippen LogP contribution in [-0.4, -0.2) is 62.3 Å². The first-order valence-electron chi connectivity index (χ1n) is 4.69. The molecule has 0 fully saturated rings. The third-order valence-corrected chi connectivity index (χ3v) is 2.05. The molecule has 16 heavy (non-hydrogen) atoms. The number of carbonyl (C=O) groups excluding carboxylic acids is 1. The molecule has 0 saturated heterocycles. The topological polar surface area (TPSA) is 142 Å². The molecule has 0 aliphatic carbocycles. The second-order valence-electron chi connectivity index (χ2n) is 3.30. The average Bonchev–Trinajstić information content (AvgIpc) is 2.31. The number of rotatable bonds is 7. The highest BCUT2D eigenvalue weighted by molar-refractivity contribution is 5.87. The van der Waals surface area contributed by atoms with Gasteiger partial charge >= 0.3 is 0 Å². The van der Waals surface area contributed by atoms with Crippen molar-refractivity contribution in [1.29, 1.82) is 5.26 Å². The summed E-state index contributed by atoms with van der Waals surface area (Å²) in [6.45, 7) is -0.820. The summed E-state index contributed by atoms with van der Waals surface area (Å²) in [5, 5.41) is 53.3. The van der Waals surface area contributed by atoms with Gasteiger partial charge in [0, 0.05) is 6.42 Å². The van der Waals surface area contributed by atoms with Crippen molar-refractivity contribution in [1.82, 2.24) is 0 Å². The van der Waals surface area contributed by atoms with Crippen molar-refractivity contribution in [2.75, 3.05) is 6.61 Å². The van der Waals surface area contributed by atoms with Gasteiger partial charge in [0.05, 0.1) is 12.7 Å². The van der Waals surface area contributed by atoms with E-state index < -0.39 is 36.8 Å². The predicted molar refractivity (Wildman–Crippen MR) is 51.0 cm³/mol. The Morgan fingerprint density at radius 2 is 1.81 bits per heavy atom. The zero-order chi connectivity index (χ0) is 12.7. The number of hydrogen-bond donors (Lipinski definition) is 5. The van der Waals surface area contributed by atoms with E-state index in [0.717, 1.165) is 0 Å². The minimum atomic E-state index is -1.99. The number of hydrogen-bond acceptors (Lipinski definition) is 7. The number of nitrogens with zero attached hydrogens (tertiary/aromatic N) is 1. The number of carbonyl (C=O) groups is 1. The standard InChI is InChI=1S/C9H15NO6/c10-3-1-2-5(12)7(14)9(16)8(15)6(13)4-11/h5-6,8-9,11-13,15-16H,1-2,4H2/t5?,6-,8+,9+/m1/s1. The first kappa shape index (κ1) is 15.0. The van der Waals surface area contributed by atoms with Gasteiger partial charge in [-0.2, -0.15) is 5.26 Å². The summed E-state index contributed by atoms with van der Waals surface area (Å²) in [7, 11) is 0. The van der Waals surface area contributed by atoms with Crippen molar-refractivity contribution in [3.05, 3.63) is 0 Å². The van der Waals surface area contributed by atoms with Gasteiger partial charge in [0.15, 0.2) is 5.78 Å². The van der Waals surface area contributed by atoms with Crippen molar-refractivity contribution in [2.45, 2.75) is 37.3 Å². The minimum Gasteiger partial charge on any atom is -0.394 e. The van der Waals surface area contributed by atoms with Crippen LogP contribution < -0.4 is 0 Å². The lowest BCUT2D eigenvalue weighted by atomic mass is 9.99. The van der Waals surface area contributed by atoms with E-state index in [2.05, 4.69) is 0 Å². The highest BCUT2D eigenvalue weighted by Gasteiger charge is 2.33. The van der Waals surface area contributed by atoms with E-state index in [-0.39, 0.29) is 12.8 Å². The van der Waals surface area contributed by atoms with Gasteiger partial charge in [-0.25, -0.2) is 0 Å². The van der Waals surface area contributed by atoms with Gasteiger partial charge in [-0.05, 0) is 6.42 Å². The first-order valence-corrected chi connectivity index (χ1v) is 4.69. The Bertz CT molecular complexity index is 263. The van der Waals surface area contributed by atoms with Crippen molar-refractivity contribution >= 4 is 5.78 Å². The Hall–Kier alpha value is -1.04. The Morgan fingerprint density at radius 1 is 1.25 bits per heavy atom. The van der Waals surface area contributed by atoms with E-state index in [1.807, 2.05) is 0 Å². The molecule has 0 aromatic rings. The van der Waals surface area contributed by atoms with Crippen molar-refractivity contribution in [3.63, 3.8) is 0 Å². The predicted octanol–water partition coefficient (Wildman–Crippen LogP) is -2.70. The molecule has 7 nitrogen and oxygen atoms in total. The molecule has 0 bridgehead atoms. The third-order valence-electron chi connectivity index (χ3n) is 2.05. The van der Waals surface area contributed by atoms with E-state index in [9.17, 15) is 20.1 Å². The molecule has 4 atom stereocenters. The van der Waals surface area contributed by atoms with Gasteiger partial charge in [0.25, 0.3) is 0 Å². The Balaban J connectivity index is 4.32. The normalized spacial score (nSPS) is 18.2. The average molecular weight is 233 g/mol. The van der Waals surface area contributed by atoms with Crippen LogP contribution in [0.1, 0.15) is 12.8 Å². The van der Waals surface area contributed by atoms with Crippen LogP contribution in [0.15, 0.2) is 0 Å². The van der Waals surface area contributed by atoms with Crippen LogP contribution in [0.4, 0.5) is 0 Å². The highest BCUT2D eigenvalue weighted by Crippen LogP contribution is 2.07. The van der Waals surface area contributed by atoms with Crippen LogP contribution in [0.25, 0.3) is 0 Å². The molecule has 5 N–H and O–H groups in total. The molecule has 0 aromatic heterocycles. The lowest BCUT2D eigenvalue weighted by Gasteiger charge is -2.22. The number of Topliss-reactive ketones (excluding diaryl/α,β-unsaturated/α-hetero) is 1. The second kappa shape index (κ2) is 7.27. The van der Waals surface area contributed by atoms with Crippen LogP contribution in [0, 0.1) is 11.3 Å². The van der Waals surface area contributed by atoms with E-state index in [0.29, 0.717) is 0 Å². The van der Waals surface area contributed by atoms with Crippen LogP contribution in [0.2, 0.25) is 0 Å². The summed E-state index contributed by atoms with van der Waals surface area (Å²) in [5.74, 6) is -1.09. The molecular weight excluding hydrogens is 218 g/mol. The third kappa shape index (κ3) is 4.22. The maximum Gasteiger partial charge on any atom is 0.192 e. The van der Waals surface area contributed by atoms with Crippen molar-refractivity contribution in [2.24, 2.45) is 0 Å². The summed E-state index contributed by atoms with van der Waals surface area (Å²) in [4.78, 5) is 11.2. The van der Waals surface area contributed by atoms with Gasteiger partial charge in [0.1, 0.15) is 24.4 Å². The fraction of sp³-hybridized carbons (Fsp3) is 0.778. The van der Waals surface area contributed by atoms with Gasteiger partial charge in [0.2, 0.25) is 0 Å². The van der Waals surface area contributed by atoms with Gasteiger partial charge < -0.3 is 25.5 Å². The monoisotopic (exact) mass is 233 g/mol. The number of nitriles is 1. The molecule has 0 amide bonds. The largest absolute Gasteiger partial charge is 0.394 e. The SMILES string of the molecule is N#CCCC(O)C(=O)[C@H](O)[C@@H](O)[C@H](O)CO. The lowest BCUT2D eigenvalue weighted by molar-refractivity contribution is -0.148. The van der Waals surface area contributed by atoms with Crippen LogP contribution in [-0.2, 0) is 4.79 Å². The zero-order valence-corrected chi connectivity index (χ0v) is 8.52. The number of ketones is 1. The first-order chi connectivity index (χ1) is 7.45.